The van der Waals surface area contributed by atoms with Crippen molar-refractivity contribution in [2.75, 3.05) is 18.4 Å². The SMILES string of the molecule is CC(=O)Nc1cc(F)ccc1-n1cc(C2CCCN(C(=O)OC(C)(C)C)C2)c2ccncc21. The summed E-state index contributed by atoms with van der Waals surface area (Å²) in [5, 5.41) is 3.73. The van der Waals surface area contributed by atoms with E-state index in [0.29, 0.717) is 24.5 Å². The van der Waals surface area contributed by atoms with E-state index in [1.54, 1.807) is 23.4 Å². The van der Waals surface area contributed by atoms with E-state index in [4.69, 9.17) is 4.74 Å². The molecule has 1 aromatic carbocycles. The van der Waals surface area contributed by atoms with Gasteiger partial charge in [0.2, 0.25) is 5.91 Å². The van der Waals surface area contributed by atoms with Crippen LogP contribution in [0, 0.1) is 5.82 Å². The summed E-state index contributed by atoms with van der Waals surface area (Å²) in [5.74, 6) is -0.600. The Morgan fingerprint density at radius 2 is 2.03 bits per heavy atom. The van der Waals surface area contributed by atoms with Crippen LogP contribution in [0.5, 0.6) is 0 Å². The van der Waals surface area contributed by atoms with Crippen molar-refractivity contribution in [2.24, 2.45) is 0 Å². The smallest absolute Gasteiger partial charge is 0.410 e. The van der Waals surface area contributed by atoms with Crippen molar-refractivity contribution in [3.8, 4) is 5.69 Å². The van der Waals surface area contributed by atoms with Gasteiger partial charge in [0.25, 0.3) is 0 Å². The van der Waals surface area contributed by atoms with Crippen LogP contribution in [-0.4, -0.2) is 45.1 Å². The van der Waals surface area contributed by atoms with E-state index in [1.165, 1.54) is 19.1 Å². The van der Waals surface area contributed by atoms with Crippen molar-refractivity contribution < 1.29 is 18.7 Å². The number of carbonyl (C=O) groups excluding carboxylic acids is 2. The summed E-state index contributed by atoms with van der Waals surface area (Å²) in [5.41, 5.74) is 2.41. The fraction of sp³-hybridized carbons (Fsp3) is 0.400. The van der Waals surface area contributed by atoms with Gasteiger partial charge in [0.1, 0.15) is 11.4 Å². The van der Waals surface area contributed by atoms with Crippen LogP contribution in [0.15, 0.2) is 42.9 Å². The van der Waals surface area contributed by atoms with Crippen molar-refractivity contribution in [1.82, 2.24) is 14.5 Å². The van der Waals surface area contributed by atoms with Crippen LogP contribution in [0.3, 0.4) is 0 Å². The largest absolute Gasteiger partial charge is 0.444 e. The van der Waals surface area contributed by atoms with Gasteiger partial charge >= 0.3 is 6.09 Å². The molecule has 174 valence electrons. The molecule has 33 heavy (non-hydrogen) atoms. The number of amides is 2. The fourth-order valence-electron chi connectivity index (χ4n) is 4.36. The lowest BCUT2D eigenvalue weighted by Crippen LogP contribution is -2.42. The van der Waals surface area contributed by atoms with Gasteiger partial charge in [-0.1, -0.05) is 0 Å². The van der Waals surface area contributed by atoms with Crippen LogP contribution < -0.4 is 5.32 Å². The van der Waals surface area contributed by atoms with Gasteiger partial charge in [-0.05, 0) is 63.4 Å². The third-order valence-electron chi connectivity index (χ3n) is 5.68. The topological polar surface area (TPSA) is 76.5 Å². The highest BCUT2D eigenvalue weighted by Gasteiger charge is 2.30. The first-order chi connectivity index (χ1) is 15.6. The highest BCUT2D eigenvalue weighted by atomic mass is 19.1. The van der Waals surface area contributed by atoms with Gasteiger partial charge in [-0.25, -0.2) is 9.18 Å². The lowest BCUT2D eigenvalue weighted by Gasteiger charge is -2.34. The molecule has 2 aromatic heterocycles. The first-order valence-electron chi connectivity index (χ1n) is 11.1. The maximum absolute atomic E-state index is 13.9. The second-order valence-corrected chi connectivity index (χ2v) is 9.46. The Hall–Kier alpha value is -3.42. The Balaban J connectivity index is 1.73. The molecular formula is C25H29FN4O3. The van der Waals surface area contributed by atoms with Crippen molar-refractivity contribution in [2.45, 2.75) is 52.1 Å². The number of piperidine rings is 1. The normalized spacial score (nSPS) is 16.6. The number of halogens is 1. The average Bonchev–Trinajstić information content (AvgIpc) is 3.12. The van der Waals surface area contributed by atoms with Crippen molar-refractivity contribution in [1.29, 1.82) is 0 Å². The lowest BCUT2D eigenvalue weighted by atomic mass is 9.91. The number of nitrogens with one attached hydrogen (secondary N) is 1. The maximum atomic E-state index is 13.9. The molecule has 1 fully saturated rings. The number of benzene rings is 1. The van der Waals surface area contributed by atoms with Gasteiger partial charge in [0.15, 0.2) is 0 Å². The molecular weight excluding hydrogens is 423 g/mol. The van der Waals surface area contributed by atoms with Crippen molar-refractivity contribution >= 4 is 28.6 Å². The Kier molecular flexibility index (Phi) is 6.10. The number of nitrogens with zero attached hydrogens (tertiary/aromatic N) is 3. The number of aromatic nitrogens is 2. The number of ether oxygens (including phenoxy) is 1. The number of rotatable bonds is 3. The summed E-state index contributed by atoms with van der Waals surface area (Å²) >= 11 is 0. The summed E-state index contributed by atoms with van der Waals surface area (Å²) in [7, 11) is 0. The summed E-state index contributed by atoms with van der Waals surface area (Å²) < 4.78 is 21.4. The molecule has 0 aliphatic carbocycles. The zero-order valence-corrected chi connectivity index (χ0v) is 19.4. The van der Waals surface area contributed by atoms with E-state index in [9.17, 15) is 14.0 Å². The predicted octanol–water partition coefficient (Wildman–Crippen LogP) is 5.24. The number of carbonyl (C=O) groups is 2. The zero-order valence-electron chi connectivity index (χ0n) is 19.4. The molecule has 1 atom stereocenters. The van der Waals surface area contributed by atoms with Gasteiger partial charge < -0.3 is 19.5 Å². The van der Waals surface area contributed by atoms with E-state index in [1.807, 2.05) is 37.6 Å². The number of hydrogen-bond acceptors (Lipinski definition) is 4. The highest BCUT2D eigenvalue weighted by Crippen LogP contribution is 2.36. The number of pyridine rings is 1. The van der Waals surface area contributed by atoms with Crippen LogP contribution >= 0.6 is 0 Å². The molecule has 0 saturated carbocycles. The molecule has 7 nitrogen and oxygen atoms in total. The van der Waals surface area contributed by atoms with Crippen LogP contribution in [0.4, 0.5) is 14.9 Å². The molecule has 1 unspecified atom stereocenters. The molecule has 1 N–H and O–H groups in total. The molecule has 4 rings (SSSR count). The van der Waals surface area contributed by atoms with E-state index < -0.39 is 11.4 Å². The Labute approximate surface area is 192 Å². The first kappa shape index (κ1) is 22.8. The zero-order chi connectivity index (χ0) is 23.8. The van der Waals surface area contributed by atoms with Gasteiger partial charge in [-0.2, -0.15) is 0 Å². The maximum Gasteiger partial charge on any atom is 0.410 e. The molecule has 8 heteroatoms. The first-order valence-corrected chi connectivity index (χ1v) is 11.1. The van der Waals surface area contributed by atoms with Crippen LogP contribution in [0.2, 0.25) is 0 Å². The minimum absolute atomic E-state index is 0.113. The third kappa shape index (κ3) is 4.99. The van der Waals surface area contributed by atoms with Gasteiger partial charge in [0, 0.05) is 43.7 Å². The highest BCUT2D eigenvalue weighted by molar-refractivity contribution is 5.93. The molecule has 0 spiro atoms. The number of likely N-dealkylation sites (tertiary alicyclic amines) is 1. The van der Waals surface area contributed by atoms with Crippen LogP contribution in [0.1, 0.15) is 52.0 Å². The summed E-state index contributed by atoms with van der Waals surface area (Å²) in [4.78, 5) is 30.4. The van der Waals surface area contributed by atoms with Gasteiger partial charge in [-0.3, -0.25) is 9.78 Å². The number of fused-ring (bicyclic) bond motifs is 1. The van der Waals surface area contributed by atoms with Gasteiger partial charge in [-0.15, -0.1) is 0 Å². The molecule has 1 saturated heterocycles. The van der Waals surface area contributed by atoms with E-state index in [-0.39, 0.29) is 17.9 Å². The molecule has 0 bridgehead atoms. The number of anilines is 1. The molecule has 3 heterocycles. The molecule has 0 radical (unpaired) electrons. The molecule has 3 aromatic rings. The average molecular weight is 453 g/mol. The Morgan fingerprint density at radius 3 is 2.76 bits per heavy atom. The Bertz CT molecular complexity index is 1200. The van der Waals surface area contributed by atoms with E-state index in [2.05, 4.69) is 10.3 Å². The van der Waals surface area contributed by atoms with Crippen LogP contribution in [-0.2, 0) is 9.53 Å². The summed E-state index contributed by atoms with van der Waals surface area (Å²) in [6, 6.07) is 6.27. The molecule has 1 aliphatic rings. The predicted molar refractivity (Wildman–Crippen MR) is 125 cm³/mol. The minimum atomic E-state index is -0.547. The summed E-state index contributed by atoms with van der Waals surface area (Å²) in [6.45, 7) is 8.20. The Morgan fingerprint density at radius 1 is 1.24 bits per heavy atom. The minimum Gasteiger partial charge on any atom is -0.444 e. The summed E-state index contributed by atoms with van der Waals surface area (Å²) in [6.07, 6.45) is 7.01. The van der Waals surface area contributed by atoms with Crippen LogP contribution in [0.25, 0.3) is 16.6 Å². The van der Waals surface area contributed by atoms with Gasteiger partial charge in [0.05, 0.1) is 23.1 Å². The van der Waals surface area contributed by atoms with E-state index in [0.717, 1.165) is 29.3 Å². The fourth-order valence-corrected chi connectivity index (χ4v) is 4.36. The molecule has 1 aliphatic heterocycles. The number of hydrogen-bond donors (Lipinski definition) is 1. The van der Waals surface area contributed by atoms with Crippen molar-refractivity contribution in [3.63, 3.8) is 0 Å². The quantitative estimate of drug-likeness (QED) is 0.590. The van der Waals surface area contributed by atoms with Crippen molar-refractivity contribution in [3.05, 3.63) is 54.2 Å². The third-order valence-corrected chi connectivity index (χ3v) is 5.68. The van der Waals surface area contributed by atoms with E-state index >= 15 is 0 Å². The standard InChI is InChI=1S/C25H29FN4O3/c1-16(31)28-21-12-18(26)7-8-22(21)30-15-20(19-9-10-27-13-23(19)30)17-6-5-11-29(14-17)24(32)33-25(2,3)4/h7-10,12-13,15,17H,5-6,11,14H2,1-4H3,(H,28,31). The molecule has 2 amide bonds. The second-order valence-electron chi connectivity index (χ2n) is 9.46. The monoisotopic (exact) mass is 452 g/mol. The second kappa shape index (κ2) is 8.84. The lowest BCUT2D eigenvalue weighted by molar-refractivity contribution is -0.114.